The lowest BCUT2D eigenvalue weighted by molar-refractivity contribution is 0.0683. The van der Waals surface area contributed by atoms with Gasteiger partial charge in [0, 0.05) is 11.8 Å². The number of carboxylic acid groups (broad SMARTS) is 1. The molecule has 2 heterocycles. The van der Waals surface area contributed by atoms with Gasteiger partial charge < -0.3 is 5.11 Å². The molecular formula is C14H10N2O2. The predicted octanol–water partition coefficient (Wildman–Crippen LogP) is 2.70. The van der Waals surface area contributed by atoms with Crippen LogP contribution in [0.3, 0.4) is 0 Å². The first-order valence-electron chi connectivity index (χ1n) is 5.53. The molecule has 4 nitrogen and oxygen atoms in total. The quantitative estimate of drug-likeness (QED) is 0.746. The summed E-state index contributed by atoms with van der Waals surface area (Å²) in [6.07, 6.45) is 1.71. The SMILES string of the molecule is O=C(O)c1nc(-c2ccccc2)c2ccccn12. The summed E-state index contributed by atoms with van der Waals surface area (Å²) in [6, 6.07) is 15.1. The summed E-state index contributed by atoms with van der Waals surface area (Å²) < 4.78 is 1.59. The van der Waals surface area contributed by atoms with E-state index in [1.165, 1.54) is 0 Å². The number of benzene rings is 1. The highest BCUT2D eigenvalue weighted by atomic mass is 16.4. The molecule has 0 fully saturated rings. The van der Waals surface area contributed by atoms with Crippen molar-refractivity contribution in [1.29, 1.82) is 0 Å². The van der Waals surface area contributed by atoms with Crippen LogP contribution in [0.1, 0.15) is 10.6 Å². The average Bonchev–Trinajstić information content (AvgIpc) is 2.79. The van der Waals surface area contributed by atoms with Gasteiger partial charge in [-0.2, -0.15) is 0 Å². The number of imidazole rings is 1. The van der Waals surface area contributed by atoms with Crippen LogP contribution in [0.15, 0.2) is 54.7 Å². The monoisotopic (exact) mass is 238 g/mol. The molecule has 1 N–H and O–H groups in total. The summed E-state index contributed by atoms with van der Waals surface area (Å²) >= 11 is 0. The first kappa shape index (κ1) is 10.5. The van der Waals surface area contributed by atoms with E-state index in [1.54, 1.807) is 16.7 Å². The lowest BCUT2D eigenvalue weighted by atomic mass is 10.1. The van der Waals surface area contributed by atoms with Gasteiger partial charge in [-0.3, -0.25) is 4.40 Å². The number of aromatic nitrogens is 2. The van der Waals surface area contributed by atoms with E-state index in [2.05, 4.69) is 4.98 Å². The lowest BCUT2D eigenvalue weighted by Gasteiger charge is -1.97. The molecule has 0 atom stereocenters. The Hall–Kier alpha value is -2.62. The molecule has 0 spiro atoms. The highest BCUT2D eigenvalue weighted by molar-refractivity contribution is 5.89. The molecule has 0 saturated carbocycles. The van der Waals surface area contributed by atoms with E-state index in [0.29, 0.717) is 5.69 Å². The Morgan fingerprint density at radius 1 is 1.06 bits per heavy atom. The molecule has 18 heavy (non-hydrogen) atoms. The summed E-state index contributed by atoms with van der Waals surface area (Å²) in [5, 5.41) is 9.16. The number of carboxylic acids is 1. The highest BCUT2D eigenvalue weighted by Crippen LogP contribution is 2.24. The molecule has 0 aliphatic heterocycles. The van der Waals surface area contributed by atoms with Crippen LogP contribution >= 0.6 is 0 Å². The third-order valence-electron chi connectivity index (χ3n) is 2.79. The zero-order chi connectivity index (χ0) is 12.5. The van der Waals surface area contributed by atoms with Gasteiger partial charge >= 0.3 is 5.97 Å². The van der Waals surface area contributed by atoms with Gasteiger partial charge in [-0.1, -0.05) is 36.4 Å². The number of aromatic carboxylic acids is 1. The summed E-state index contributed by atoms with van der Waals surface area (Å²) in [5.74, 6) is -0.997. The second-order valence-electron chi connectivity index (χ2n) is 3.91. The third kappa shape index (κ3) is 1.55. The molecule has 0 unspecified atom stereocenters. The number of hydrogen-bond acceptors (Lipinski definition) is 2. The van der Waals surface area contributed by atoms with Gasteiger partial charge in [-0.15, -0.1) is 0 Å². The van der Waals surface area contributed by atoms with Crippen LogP contribution in [0.2, 0.25) is 0 Å². The number of hydrogen-bond donors (Lipinski definition) is 1. The molecule has 3 aromatic rings. The zero-order valence-electron chi connectivity index (χ0n) is 9.45. The Balaban J connectivity index is 2.34. The minimum absolute atomic E-state index is 0.0319. The summed E-state index contributed by atoms with van der Waals surface area (Å²) in [6.45, 7) is 0. The van der Waals surface area contributed by atoms with Crippen LogP contribution in [-0.2, 0) is 0 Å². The van der Waals surface area contributed by atoms with E-state index in [1.807, 2.05) is 42.5 Å². The fraction of sp³-hybridized carbons (Fsp3) is 0. The van der Waals surface area contributed by atoms with Crippen molar-refractivity contribution in [1.82, 2.24) is 9.38 Å². The number of carbonyl (C=O) groups is 1. The van der Waals surface area contributed by atoms with Gasteiger partial charge in [0.25, 0.3) is 0 Å². The maximum atomic E-state index is 11.2. The molecule has 4 heteroatoms. The van der Waals surface area contributed by atoms with Crippen molar-refractivity contribution in [3.05, 3.63) is 60.6 Å². The number of fused-ring (bicyclic) bond motifs is 1. The van der Waals surface area contributed by atoms with Gasteiger partial charge in [0.15, 0.2) is 0 Å². The van der Waals surface area contributed by atoms with Crippen molar-refractivity contribution < 1.29 is 9.90 Å². The Bertz CT molecular complexity index is 717. The Morgan fingerprint density at radius 3 is 2.50 bits per heavy atom. The molecule has 0 amide bonds. The largest absolute Gasteiger partial charge is 0.475 e. The van der Waals surface area contributed by atoms with Crippen LogP contribution in [0.25, 0.3) is 16.8 Å². The Kier molecular flexibility index (Phi) is 2.34. The maximum Gasteiger partial charge on any atom is 0.372 e. The minimum atomic E-state index is -1.03. The van der Waals surface area contributed by atoms with Crippen LogP contribution in [0.5, 0.6) is 0 Å². The predicted molar refractivity (Wildman–Crippen MR) is 67.6 cm³/mol. The first-order chi connectivity index (χ1) is 8.77. The molecule has 3 rings (SSSR count). The van der Waals surface area contributed by atoms with Crippen LogP contribution < -0.4 is 0 Å². The van der Waals surface area contributed by atoms with E-state index < -0.39 is 5.97 Å². The minimum Gasteiger partial charge on any atom is -0.475 e. The molecule has 0 aliphatic rings. The van der Waals surface area contributed by atoms with E-state index >= 15 is 0 Å². The van der Waals surface area contributed by atoms with E-state index in [0.717, 1.165) is 11.1 Å². The molecule has 88 valence electrons. The van der Waals surface area contributed by atoms with Crippen molar-refractivity contribution in [3.63, 3.8) is 0 Å². The maximum absolute atomic E-state index is 11.2. The Morgan fingerprint density at radius 2 is 1.78 bits per heavy atom. The van der Waals surface area contributed by atoms with Crippen LogP contribution in [0.4, 0.5) is 0 Å². The van der Waals surface area contributed by atoms with E-state index in [-0.39, 0.29) is 5.82 Å². The normalized spacial score (nSPS) is 10.7. The van der Waals surface area contributed by atoms with Gasteiger partial charge in [0.05, 0.1) is 11.2 Å². The molecular weight excluding hydrogens is 228 g/mol. The Labute approximate surface area is 103 Å². The average molecular weight is 238 g/mol. The summed E-state index contributed by atoms with van der Waals surface area (Å²) in [4.78, 5) is 15.4. The van der Waals surface area contributed by atoms with Crippen LogP contribution in [0, 0.1) is 0 Å². The standard InChI is InChI=1S/C14H10N2O2/c17-14(18)13-15-12(10-6-2-1-3-7-10)11-8-4-5-9-16(11)13/h1-9H,(H,17,18). The summed E-state index contributed by atoms with van der Waals surface area (Å²) in [7, 11) is 0. The zero-order valence-corrected chi connectivity index (χ0v) is 9.45. The van der Waals surface area contributed by atoms with Crippen molar-refractivity contribution in [3.8, 4) is 11.3 Å². The van der Waals surface area contributed by atoms with Crippen LogP contribution in [-0.4, -0.2) is 20.5 Å². The molecule has 0 aliphatic carbocycles. The van der Waals surface area contributed by atoms with E-state index in [9.17, 15) is 4.79 Å². The molecule has 0 radical (unpaired) electrons. The van der Waals surface area contributed by atoms with Gasteiger partial charge in [-0.25, -0.2) is 9.78 Å². The second-order valence-corrected chi connectivity index (χ2v) is 3.91. The van der Waals surface area contributed by atoms with Crippen molar-refractivity contribution in [2.75, 3.05) is 0 Å². The van der Waals surface area contributed by atoms with Crippen molar-refractivity contribution in [2.24, 2.45) is 0 Å². The van der Waals surface area contributed by atoms with Gasteiger partial charge in [0.1, 0.15) is 0 Å². The number of rotatable bonds is 2. The second kappa shape index (κ2) is 4.00. The first-order valence-corrected chi connectivity index (χ1v) is 5.53. The fourth-order valence-corrected chi connectivity index (χ4v) is 2.00. The van der Waals surface area contributed by atoms with E-state index in [4.69, 9.17) is 5.11 Å². The van der Waals surface area contributed by atoms with Gasteiger partial charge in [-0.05, 0) is 12.1 Å². The highest BCUT2D eigenvalue weighted by Gasteiger charge is 2.16. The topological polar surface area (TPSA) is 54.6 Å². The van der Waals surface area contributed by atoms with Gasteiger partial charge in [0.2, 0.25) is 5.82 Å². The third-order valence-corrected chi connectivity index (χ3v) is 2.79. The molecule has 0 saturated heterocycles. The fourth-order valence-electron chi connectivity index (χ4n) is 2.00. The number of nitrogens with zero attached hydrogens (tertiary/aromatic N) is 2. The van der Waals surface area contributed by atoms with Crippen molar-refractivity contribution in [2.45, 2.75) is 0 Å². The molecule has 1 aromatic carbocycles. The molecule has 2 aromatic heterocycles. The molecule has 0 bridgehead atoms. The van der Waals surface area contributed by atoms with Crippen molar-refractivity contribution >= 4 is 11.5 Å². The summed E-state index contributed by atoms with van der Waals surface area (Å²) in [5.41, 5.74) is 2.39. The lowest BCUT2D eigenvalue weighted by Crippen LogP contribution is -2.02. The number of pyridine rings is 1. The smallest absolute Gasteiger partial charge is 0.372 e.